The van der Waals surface area contributed by atoms with Crippen LogP contribution in [0.3, 0.4) is 0 Å². The van der Waals surface area contributed by atoms with E-state index in [4.69, 9.17) is 0 Å². The van der Waals surface area contributed by atoms with Crippen LogP contribution in [0.5, 0.6) is 0 Å². The summed E-state index contributed by atoms with van der Waals surface area (Å²) >= 11 is 0. The average molecular weight is 277 g/mol. The summed E-state index contributed by atoms with van der Waals surface area (Å²) in [7, 11) is 0. The van der Waals surface area contributed by atoms with Gasteiger partial charge in [0.1, 0.15) is 12.0 Å². The zero-order chi connectivity index (χ0) is 14.5. The van der Waals surface area contributed by atoms with Gasteiger partial charge < -0.3 is 0 Å². The number of rotatable bonds is 4. The van der Waals surface area contributed by atoms with Gasteiger partial charge in [-0.25, -0.2) is 4.39 Å². The van der Waals surface area contributed by atoms with E-state index in [1.54, 1.807) is 6.92 Å². The SMILES string of the molecule is CC(F)C(C)C(=O)CC12CC3CC(CC(C#N)(C3)C1)C2. The fourth-order valence-electron chi connectivity index (χ4n) is 5.58. The van der Waals surface area contributed by atoms with Gasteiger partial charge >= 0.3 is 0 Å². The molecule has 0 radical (unpaired) electrons. The molecule has 4 aliphatic carbocycles. The number of ketones is 1. The van der Waals surface area contributed by atoms with E-state index in [0.717, 1.165) is 32.1 Å². The summed E-state index contributed by atoms with van der Waals surface area (Å²) in [6.07, 6.45) is 5.80. The smallest absolute Gasteiger partial charge is 0.139 e. The van der Waals surface area contributed by atoms with Crippen molar-refractivity contribution in [3.63, 3.8) is 0 Å². The first-order valence-electron chi connectivity index (χ1n) is 7.95. The molecule has 0 spiro atoms. The Morgan fingerprint density at radius 2 is 1.90 bits per heavy atom. The van der Waals surface area contributed by atoms with Crippen LogP contribution >= 0.6 is 0 Å². The van der Waals surface area contributed by atoms with Crippen molar-refractivity contribution >= 4 is 5.78 Å². The van der Waals surface area contributed by atoms with Crippen molar-refractivity contribution in [1.29, 1.82) is 5.26 Å². The van der Waals surface area contributed by atoms with Crippen molar-refractivity contribution in [3.8, 4) is 6.07 Å². The molecule has 0 amide bonds. The van der Waals surface area contributed by atoms with Gasteiger partial charge in [-0.05, 0) is 62.7 Å². The average Bonchev–Trinajstić information content (AvgIpc) is 2.35. The van der Waals surface area contributed by atoms with Crippen molar-refractivity contribution in [2.45, 2.75) is 65.0 Å². The van der Waals surface area contributed by atoms with Crippen LogP contribution in [0, 0.1) is 39.9 Å². The Labute approximate surface area is 120 Å². The Bertz CT molecular complexity index is 450. The minimum atomic E-state index is -1.07. The van der Waals surface area contributed by atoms with E-state index in [2.05, 4.69) is 6.07 Å². The van der Waals surface area contributed by atoms with E-state index < -0.39 is 12.1 Å². The maximum atomic E-state index is 13.4. The fourth-order valence-corrected chi connectivity index (χ4v) is 5.58. The highest BCUT2D eigenvalue weighted by Gasteiger charge is 2.58. The van der Waals surface area contributed by atoms with Crippen LogP contribution in [0.1, 0.15) is 58.8 Å². The molecule has 0 saturated heterocycles. The van der Waals surface area contributed by atoms with Gasteiger partial charge in [-0.15, -0.1) is 0 Å². The first-order valence-corrected chi connectivity index (χ1v) is 7.95. The minimum absolute atomic E-state index is 0.0139. The number of alkyl halides is 1. The molecule has 0 aromatic heterocycles. The number of nitriles is 1. The second-order valence-electron chi connectivity index (χ2n) is 7.96. The monoisotopic (exact) mass is 277 g/mol. The van der Waals surface area contributed by atoms with Crippen LogP contribution in [0.25, 0.3) is 0 Å². The number of carbonyl (C=O) groups is 1. The molecular formula is C17H24FNO. The minimum Gasteiger partial charge on any atom is -0.299 e. The van der Waals surface area contributed by atoms with Gasteiger partial charge in [0.25, 0.3) is 0 Å². The summed E-state index contributed by atoms with van der Waals surface area (Å²) in [5.41, 5.74) is -0.158. The number of carbonyl (C=O) groups excluding carboxylic acids is 1. The quantitative estimate of drug-likeness (QED) is 0.777. The molecule has 4 fully saturated rings. The van der Waals surface area contributed by atoms with Gasteiger partial charge in [-0.2, -0.15) is 5.26 Å². The Kier molecular flexibility index (Phi) is 3.19. The van der Waals surface area contributed by atoms with Crippen LogP contribution in [0.4, 0.5) is 4.39 Å². The van der Waals surface area contributed by atoms with E-state index in [1.165, 1.54) is 13.3 Å². The lowest BCUT2D eigenvalue weighted by Gasteiger charge is -2.60. The molecule has 4 atom stereocenters. The number of nitrogens with zero attached hydrogens (tertiary/aromatic N) is 1. The zero-order valence-electron chi connectivity index (χ0n) is 12.5. The van der Waals surface area contributed by atoms with Crippen LogP contribution in [-0.2, 0) is 4.79 Å². The van der Waals surface area contributed by atoms with Gasteiger partial charge in [-0.3, -0.25) is 4.79 Å². The number of hydrogen-bond donors (Lipinski definition) is 0. The molecule has 3 heteroatoms. The topological polar surface area (TPSA) is 40.9 Å². The summed E-state index contributed by atoms with van der Waals surface area (Å²) in [6.45, 7) is 3.17. The summed E-state index contributed by atoms with van der Waals surface area (Å²) in [4.78, 5) is 12.3. The molecule has 4 saturated carbocycles. The van der Waals surface area contributed by atoms with Crippen molar-refractivity contribution in [3.05, 3.63) is 0 Å². The summed E-state index contributed by atoms with van der Waals surface area (Å²) in [5.74, 6) is 0.819. The molecule has 4 bridgehead atoms. The number of halogens is 1. The van der Waals surface area contributed by atoms with Crippen LogP contribution in [0.2, 0.25) is 0 Å². The van der Waals surface area contributed by atoms with Gasteiger partial charge in [0.2, 0.25) is 0 Å². The fraction of sp³-hybridized carbons (Fsp3) is 0.882. The van der Waals surface area contributed by atoms with Crippen molar-refractivity contribution in [2.24, 2.45) is 28.6 Å². The molecule has 110 valence electrons. The van der Waals surface area contributed by atoms with E-state index in [0.29, 0.717) is 18.3 Å². The predicted molar refractivity (Wildman–Crippen MR) is 74.5 cm³/mol. The molecule has 0 aromatic carbocycles. The highest BCUT2D eigenvalue weighted by molar-refractivity contribution is 5.82. The third-order valence-electron chi connectivity index (χ3n) is 6.17. The lowest BCUT2D eigenvalue weighted by molar-refractivity contribution is -0.135. The van der Waals surface area contributed by atoms with E-state index >= 15 is 0 Å². The lowest BCUT2D eigenvalue weighted by Crippen LogP contribution is -2.52. The molecular weight excluding hydrogens is 253 g/mol. The van der Waals surface area contributed by atoms with E-state index in [1.807, 2.05) is 0 Å². The Morgan fingerprint density at radius 1 is 1.30 bits per heavy atom. The zero-order valence-corrected chi connectivity index (χ0v) is 12.5. The summed E-state index contributed by atoms with van der Waals surface area (Å²) < 4.78 is 13.4. The molecule has 0 heterocycles. The van der Waals surface area contributed by atoms with Crippen LogP contribution in [0.15, 0.2) is 0 Å². The largest absolute Gasteiger partial charge is 0.299 e. The lowest BCUT2D eigenvalue weighted by atomic mass is 9.43. The second kappa shape index (κ2) is 4.55. The summed E-state index contributed by atoms with van der Waals surface area (Å²) in [5, 5.41) is 9.58. The van der Waals surface area contributed by atoms with Crippen molar-refractivity contribution < 1.29 is 9.18 Å². The van der Waals surface area contributed by atoms with Gasteiger partial charge in [0.15, 0.2) is 0 Å². The molecule has 0 N–H and O–H groups in total. The third kappa shape index (κ3) is 2.18. The first kappa shape index (κ1) is 14.0. The maximum absolute atomic E-state index is 13.4. The maximum Gasteiger partial charge on any atom is 0.139 e. The third-order valence-corrected chi connectivity index (χ3v) is 6.17. The van der Waals surface area contributed by atoms with Crippen molar-refractivity contribution in [1.82, 2.24) is 0 Å². The highest BCUT2D eigenvalue weighted by atomic mass is 19.1. The van der Waals surface area contributed by atoms with Gasteiger partial charge in [0, 0.05) is 12.3 Å². The molecule has 0 aromatic rings. The second-order valence-corrected chi connectivity index (χ2v) is 7.96. The standard InChI is InChI=1S/C17H24FNO/c1-11(12(2)18)15(20)8-16-4-13-3-14(5-16)7-17(6-13,9-16)10-19/h11-14H,3-9H2,1-2H3. The van der Waals surface area contributed by atoms with Crippen molar-refractivity contribution in [2.75, 3.05) is 0 Å². The molecule has 20 heavy (non-hydrogen) atoms. The van der Waals surface area contributed by atoms with Crippen LogP contribution < -0.4 is 0 Å². The molecule has 4 aliphatic rings. The number of hydrogen-bond acceptors (Lipinski definition) is 2. The molecule has 2 nitrogen and oxygen atoms in total. The van der Waals surface area contributed by atoms with Crippen LogP contribution in [-0.4, -0.2) is 12.0 Å². The number of Topliss-reactive ketones (excluding diaryl/α,β-unsaturated/α-hetero) is 1. The molecule has 4 rings (SSSR count). The van der Waals surface area contributed by atoms with Gasteiger partial charge in [-0.1, -0.05) is 6.92 Å². The van der Waals surface area contributed by atoms with E-state index in [-0.39, 0.29) is 16.6 Å². The molecule has 4 unspecified atom stereocenters. The predicted octanol–water partition coefficient (Wildman–Crippen LogP) is 4.05. The van der Waals surface area contributed by atoms with E-state index in [9.17, 15) is 14.4 Å². The van der Waals surface area contributed by atoms with Gasteiger partial charge in [0.05, 0.1) is 11.5 Å². The normalized spacial score (nSPS) is 44.9. The summed E-state index contributed by atoms with van der Waals surface area (Å²) in [6, 6.07) is 2.57. The Hall–Kier alpha value is -0.910. The Balaban J connectivity index is 1.79. The first-order chi connectivity index (χ1) is 9.37. The Morgan fingerprint density at radius 3 is 2.40 bits per heavy atom. The molecule has 0 aliphatic heterocycles. The highest BCUT2D eigenvalue weighted by Crippen LogP contribution is 2.66.